The second-order valence-electron chi connectivity index (χ2n) is 7.05. The van der Waals surface area contributed by atoms with Gasteiger partial charge in [0.05, 0.1) is 4.91 Å². The third-order valence-electron chi connectivity index (χ3n) is 5.06. The van der Waals surface area contributed by atoms with Crippen LogP contribution in [0.25, 0.3) is 17.4 Å². The molecule has 0 radical (unpaired) electrons. The van der Waals surface area contributed by atoms with Gasteiger partial charge < -0.3 is 20.4 Å². The first-order chi connectivity index (χ1) is 14.5. The van der Waals surface area contributed by atoms with E-state index in [1.807, 2.05) is 35.2 Å². The lowest BCUT2D eigenvalue weighted by atomic mass is 10.1. The number of nitrogens with zero attached hydrogens (tertiary/aromatic N) is 2. The highest BCUT2D eigenvalue weighted by atomic mass is 32.2. The number of thioether (sulfide) groups is 1. The van der Waals surface area contributed by atoms with Gasteiger partial charge >= 0.3 is 0 Å². The van der Waals surface area contributed by atoms with E-state index in [4.69, 9.17) is 22.4 Å². The molecule has 2 aromatic rings. The molecule has 30 heavy (non-hydrogen) atoms. The second kappa shape index (κ2) is 9.13. The number of hydrogen-bond donors (Lipinski definition) is 2. The van der Waals surface area contributed by atoms with Gasteiger partial charge in [-0.1, -0.05) is 36.1 Å². The monoisotopic (exact) mass is 442 g/mol. The molecule has 3 N–H and O–H groups in total. The van der Waals surface area contributed by atoms with E-state index < -0.39 is 0 Å². The maximum Gasteiger partial charge on any atom is 0.263 e. The number of nitrogens with one attached hydrogen (secondary N) is 1. The molecule has 0 bridgehead atoms. The zero-order valence-corrected chi connectivity index (χ0v) is 17.9. The molecule has 1 aromatic carbocycles. The van der Waals surface area contributed by atoms with Crippen molar-refractivity contribution in [2.75, 3.05) is 39.3 Å². The van der Waals surface area contributed by atoms with Crippen molar-refractivity contribution < 1.29 is 14.0 Å². The van der Waals surface area contributed by atoms with E-state index in [1.165, 1.54) is 11.8 Å². The van der Waals surface area contributed by atoms with Crippen LogP contribution in [0.1, 0.15) is 16.1 Å². The molecular formula is C21H22N4O3S2. The van der Waals surface area contributed by atoms with Crippen molar-refractivity contribution in [2.24, 2.45) is 5.73 Å². The van der Waals surface area contributed by atoms with Crippen molar-refractivity contribution >= 4 is 46.2 Å². The number of amides is 2. The van der Waals surface area contributed by atoms with Gasteiger partial charge in [0.2, 0.25) is 0 Å². The molecule has 156 valence electrons. The van der Waals surface area contributed by atoms with Gasteiger partial charge in [-0.15, -0.1) is 0 Å². The van der Waals surface area contributed by atoms with Crippen LogP contribution >= 0.6 is 24.0 Å². The SMILES string of the molecule is NCCN1CCN(C(=O)c2ccc(-c3ccc(/C=C4\SC(=S)NC4=O)o3)cc2)CC1. The first kappa shape index (κ1) is 20.8. The lowest BCUT2D eigenvalue weighted by Crippen LogP contribution is -2.49. The van der Waals surface area contributed by atoms with Gasteiger partial charge in [-0.2, -0.15) is 0 Å². The standard InChI is InChI=1S/C21H22N4O3S2/c22-7-8-24-9-11-25(12-10-24)20(27)15-3-1-14(2-4-15)17-6-5-16(28-17)13-18-19(26)23-21(29)30-18/h1-6,13H,7-12,22H2,(H,23,26,29)/b18-13-. The molecule has 4 rings (SSSR count). The third kappa shape index (κ3) is 4.65. The highest BCUT2D eigenvalue weighted by Crippen LogP contribution is 2.29. The Morgan fingerprint density at radius 2 is 1.90 bits per heavy atom. The first-order valence-electron chi connectivity index (χ1n) is 9.70. The Hall–Kier alpha value is -2.46. The zero-order chi connectivity index (χ0) is 21.1. The highest BCUT2D eigenvalue weighted by Gasteiger charge is 2.23. The fourth-order valence-corrected chi connectivity index (χ4v) is 4.48. The molecule has 9 heteroatoms. The molecule has 0 aliphatic carbocycles. The third-order valence-corrected chi connectivity index (χ3v) is 6.23. The number of benzene rings is 1. The van der Waals surface area contributed by atoms with E-state index in [2.05, 4.69) is 10.2 Å². The number of carbonyl (C=O) groups excluding carboxylic acids is 2. The fourth-order valence-electron chi connectivity index (χ4n) is 3.45. The van der Waals surface area contributed by atoms with Crippen LogP contribution < -0.4 is 11.1 Å². The summed E-state index contributed by atoms with van der Waals surface area (Å²) in [5, 5.41) is 2.58. The minimum Gasteiger partial charge on any atom is -0.457 e. The van der Waals surface area contributed by atoms with Crippen molar-refractivity contribution in [3.05, 3.63) is 52.6 Å². The summed E-state index contributed by atoms with van der Waals surface area (Å²) in [6, 6.07) is 11.0. The Balaban J connectivity index is 1.41. The first-order valence-corrected chi connectivity index (χ1v) is 10.9. The topological polar surface area (TPSA) is 91.8 Å². The van der Waals surface area contributed by atoms with E-state index in [-0.39, 0.29) is 11.8 Å². The molecule has 1 aromatic heterocycles. The molecule has 0 saturated carbocycles. The predicted octanol–water partition coefficient (Wildman–Crippen LogP) is 2.15. The number of thiocarbonyl (C=S) groups is 1. The lowest BCUT2D eigenvalue weighted by molar-refractivity contribution is -0.115. The van der Waals surface area contributed by atoms with E-state index in [9.17, 15) is 9.59 Å². The van der Waals surface area contributed by atoms with E-state index >= 15 is 0 Å². The maximum atomic E-state index is 12.8. The Labute approximate surface area is 184 Å². The summed E-state index contributed by atoms with van der Waals surface area (Å²) in [6.07, 6.45) is 1.67. The van der Waals surface area contributed by atoms with Crippen molar-refractivity contribution in [1.82, 2.24) is 15.1 Å². The van der Waals surface area contributed by atoms with Gasteiger partial charge in [0.15, 0.2) is 0 Å². The minimum atomic E-state index is -0.213. The summed E-state index contributed by atoms with van der Waals surface area (Å²) in [5.41, 5.74) is 7.13. The number of carbonyl (C=O) groups is 2. The van der Waals surface area contributed by atoms with Crippen molar-refractivity contribution in [3.8, 4) is 11.3 Å². The molecular weight excluding hydrogens is 420 g/mol. The molecule has 2 amide bonds. The summed E-state index contributed by atoms with van der Waals surface area (Å²) in [5.74, 6) is 1.07. The summed E-state index contributed by atoms with van der Waals surface area (Å²) in [6.45, 7) is 4.65. The summed E-state index contributed by atoms with van der Waals surface area (Å²) < 4.78 is 6.29. The normalized spacial score (nSPS) is 18.8. The Morgan fingerprint density at radius 3 is 2.53 bits per heavy atom. The van der Waals surface area contributed by atoms with Gasteiger partial charge in [-0.25, -0.2) is 0 Å². The molecule has 2 fully saturated rings. The smallest absolute Gasteiger partial charge is 0.263 e. The van der Waals surface area contributed by atoms with Crippen LogP contribution in [0.5, 0.6) is 0 Å². The largest absolute Gasteiger partial charge is 0.457 e. The van der Waals surface area contributed by atoms with Crippen LogP contribution in [0.2, 0.25) is 0 Å². The number of furan rings is 1. The van der Waals surface area contributed by atoms with Gasteiger partial charge in [-0.3, -0.25) is 14.5 Å². The zero-order valence-electron chi connectivity index (χ0n) is 16.3. The average molecular weight is 443 g/mol. The molecule has 2 saturated heterocycles. The van der Waals surface area contributed by atoms with E-state index in [1.54, 1.807) is 12.1 Å². The lowest BCUT2D eigenvalue weighted by Gasteiger charge is -2.34. The molecule has 7 nitrogen and oxygen atoms in total. The molecule has 0 atom stereocenters. The minimum absolute atomic E-state index is 0.0408. The Bertz CT molecular complexity index is 992. The summed E-state index contributed by atoms with van der Waals surface area (Å²) in [7, 11) is 0. The molecule has 0 spiro atoms. The van der Waals surface area contributed by atoms with E-state index in [0.29, 0.717) is 45.9 Å². The number of nitrogens with two attached hydrogens (primary N) is 1. The van der Waals surface area contributed by atoms with E-state index in [0.717, 1.165) is 25.2 Å². The summed E-state index contributed by atoms with van der Waals surface area (Å²) >= 11 is 6.21. The Morgan fingerprint density at radius 1 is 1.17 bits per heavy atom. The number of hydrogen-bond acceptors (Lipinski definition) is 7. The number of rotatable bonds is 5. The van der Waals surface area contributed by atoms with Gasteiger partial charge in [0.25, 0.3) is 11.8 Å². The maximum absolute atomic E-state index is 12.8. The molecule has 2 aliphatic rings. The van der Waals surface area contributed by atoms with Gasteiger partial charge in [-0.05, 0) is 24.3 Å². The molecule has 2 aliphatic heterocycles. The highest BCUT2D eigenvalue weighted by molar-refractivity contribution is 8.26. The number of piperazine rings is 1. The van der Waals surface area contributed by atoms with Crippen LogP contribution in [0, 0.1) is 0 Å². The van der Waals surface area contributed by atoms with Gasteiger partial charge in [0, 0.05) is 56.5 Å². The van der Waals surface area contributed by atoms with Crippen molar-refractivity contribution in [1.29, 1.82) is 0 Å². The fraction of sp³-hybridized carbons (Fsp3) is 0.286. The quantitative estimate of drug-likeness (QED) is 0.542. The van der Waals surface area contributed by atoms with Crippen LogP contribution in [-0.4, -0.2) is 65.2 Å². The predicted molar refractivity (Wildman–Crippen MR) is 122 cm³/mol. The van der Waals surface area contributed by atoms with Crippen LogP contribution in [0.15, 0.2) is 45.7 Å². The Kier molecular flexibility index (Phi) is 6.33. The molecule has 3 heterocycles. The van der Waals surface area contributed by atoms with Crippen LogP contribution in [0.4, 0.5) is 0 Å². The van der Waals surface area contributed by atoms with Gasteiger partial charge in [0.1, 0.15) is 15.8 Å². The summed E-state index contributed by atoms with van der Waals surface area (Å²) in [4.78, 5) is 29.2. The van der Waals surface area contributed by atoms with Crippen molar-refractivity contribution in [3.63, 3.8) is 0 Å². The molecule has 0 unspecified atom stereocenters. The van der Waals surface area contributed by atoms with Crippen LogP contribution in [-0.2, 0) is 4.79 Å². The average Bonchev–Trinajstić information content (AvgIpc) is 3.34. The van der Waals surface area contributed by atoms with Crippen molar-refractivity contribution in [2.45, 2.75) is 0 Å². The second-order valence-corrected chi connectivity index (χ2v) is 8.77. The van der Waals surface area contributed by atoms with Crippen LogP contribution in [0.3, 0.4) is 0 Å².